The second-order valence-electron chi connectivity index (χ2n) is 7.31. The molecule has 0 aromatic heterocycles. The van der Waals surface area contributed by atoms with Crippen LogP contribution in [0.25, 0.3) is 0 Å². The first-order chi connectivity index (χ1) is 15.1. The Morgan fingerprint density at radius 2 is 1.78 bits per heavy atom. The summed E-state index contributed by atoms with van der Waals surface area (Å²) in [6.07, 6.45) is -5.39. The maximum absolute atomic E-state index is 13.1. The number of likely N-dealkylation sites (N-methyl/N-ethyl adjacent to an activating group) is 1. The first-order valence-corrected chi connectivity index (χ1v) is 9.85. The molecule has 0 saturated carbocycles. The Bertz CT molecular complexity index is 1030. The second-order valence-corrected chi connectivity index (χ2v) is 7.31. The lowest BCUT2D eigenvalue weighted by atomic mass is 10.1. The lowest BCUT2D eigenvalue weighted by molar-refractivity contribution is -0.137. The van der Waals surface area contributed by atoms with Crippen molar-refractivity contribution in [1.29, 1.82) is 0 Å². The number of anilines is 2. The van der Waals surface area contributed by atoms with E-state index in [1.165, 1.54) is 24.1 Å². The van der Waals surface area contributed by atoms with E-state index >= 15 is 0 Å². The van der Waals surface area contributed by atoms with Crippen molar-refractivity contribution in [2.24, 2.45) is 0 Å². The average molecular weight is 449 g/mol. The first-order valence-electron chi connectivity index (χ1n) is 9.85. The number of hydrogen-bond donors (Lipinski definition) is 1. The van der Waals surface area contributed by atoms with Gasteiger partial charge in [0.1, 0.15) is 5.75 Å². The van der Waals surface area contributed by atoms with Crippen LogP contribution in [-0.4, -0.2) is 48.9 Å². The Morgan fingerprint density at radius 1 is 1.12 bits per heavy atom. The maximum Gasteiger partial charge on any atom is 0.418 e. The van der Waals surface area contributed by atoms with Crippen molar-refractivity contribution in [2.45, 2.75) is 25.6 Å². The molecule has 0 spiro atoms. The molecular formula is C22H22F3N3O4. The molecule has 0 saturated heterocycles. The van der Waals surface area contributed by atoms with Crippen LogP contribution in [-0.2, 0) is 20.6 Å². The third kappa shape index (κ3) is 5.19. The van der Waals surface area contributed by atoms with Gasteiger partial charge >= 0.3 is 6.18 Å². The van der Waals surface area contributed by atoms with Crippen LogP contribution in [0.2, 0.25) is 0 Å². The first kappa shape index (κ1) is 23.1. The highest BCUT2D eigenvalue weighted by molar-refractivity contribution is 6.00. The monoisotopic (exact) mass is 449 g/mol. The lowest BCUT2D eigenvalue weighted by Crippen LogP contribution is -2.46. The van der Waals surface area contributed by atoms with E-state index in [0.29, 0.717) is 11.4 Å². The predicted molar refractivity (Wildman–Crippen MR) is 111 cm³/mol. The summed E-state index contributed by atoms with van der Waals surface area (Å²) < 4.78 is 44.8. The van der Waals surface area contributed by atoms with Crippen molar-refractivity contribution in [3.05, 3.63) is 54.1 Å². The van der Waals surface area contributed by atoms with E-state index in [9.17, 15) is 27.6 Å². The van der Waals surface area contributed by atoms with E-state index in [4.69, 9.17) is 4.74 Å². The van der Waals surface area contributed by atoms with Gasteiger partial charge in [0.2, 0.25) is 11.8 Å². The van der Waals surface area contributed by atoms with Crippen LogP contribution >= 0.6 is 0 Å². The molecule has 0 aliphatic carbocycles. The van der Waals surface area contributed by atoms with Crippen molar-refractivity contribution < 1.29 is 32.3 Å². The number of fused-ring (bicyclic) bond motifs is 1. The smallest absolute Gasteiger partial charge is 0.418 e. The molecule has 7 nitrogen and oxygen atoms in total. The number of carbonyl (C=O) groups is 3. The Balaban J connectivity index is 1.59. The van der Waals surface area contributed by atoms with Gasteiger partial charge in [-0.3, -0.25) is 14.4 Å². The third-order valence-corrected chi connectivity index (χ3v) is 4.94. The molecule has 2 aromatic rings. The average Bonchev–Trinajstić information content (AvgIpc) is 2.73. The van der Waals surface area contributed by atoms with Crippen LogP contribution in [0.1, 0.15) is 18.9 Å². The molecule has 1 heterocycles. The lowest BCUT2D eigenvalue weighted by Gasteiger charge is -2.33. The summed E-state index contributed by atoms with van der Waals surface area (Å²) in [7, 11) is 1.37. The molecular weight excluding hydrogens is 427 g/mol. The Kier molecular flexibility index (Phi) is 6.71. The maximum atomic E-state index is 13.1. The molecule has 170 valence electrons. The van der Waals surface area contributed by atoms with Crippen LogP contribution < -0.4 is 15.0 Å². The highest BCUT2D eigenvalue weighted by Crippen LogP contribution is 2.35. The number of benzene rings is 2. The number of ether oxygens (including phenoxy) is 1. The molecule has 1 atom stereocenters. The molecule has 32 heavy (non-hydrogen) atoms. The van der Waals surface area contributed by atoms with Gasteiger partial charge in [0, 0.05) is 20.0 Å². The number of carbonyl (C=O) groups excluding carboxylic acids is 3. The van der Waals surface area contributed by atoms with Crippen LogP contribution in [0, 0.1) is 0 Å². The second kappa shape index (κ2) is 9.29. The Hall–Kier alpha value is -3.56. The van der Waals surface area contributed by atoms with E-state index in [1.807, 2.05) is 0 Å². The van der Waals surface area contributed by atoms with Gasteiger partial charge in [0.15, 0.2) is 6.10 Å². The van der Waals surface area contributed by atoms with E-state index in [1.54, 1.807) is 31.2 Å². The van der Waals surface area contributed by atoms with Crippen LogP contribution in [0.15, 0.2) is 48.5 Å². The summed E-state index contributed by atoms with van der Waals surface area (Å²) >= 11 is 0. The number of halogens is 3. The molecule has 1 aliphatic heterocycles. The van der Waals surface area contributed by atoms with Crippen molar-refractivity contribution in [2.75, 3.05) is 30.4 Å². The number of para-hydroxylation sites is 3. The third-order valence-electron chi connectivity index (χ3n) is 4.94. The van der Waals surface area contributed by atoms with Gasteiger partial charge in [-0.15, -0.1) is 0 Å². The fourth-order valence-corrected chi connectivity index (χ4v) is 3.32. The van der Waals surface area contributed by atoms with E-state index < -0.39 is 36.2 Å². The number of amides is 3. The van der Waals surface area contributed by atoms with Gasteiger partial charge < -0.3 is 19.9 Å². The van der Waals surface area contributed by atoms with E-state index in [2.05, 4.69) is 5.32 Å². The van der Waals surface area contributed by atoms with Gasteiger partial charge in [-0.25, -0.2) is 0 Å². The van der Waals surface area contributed by atoms with Crippen molar-refractivity contribution in [3.63, 3.8) is 0 Å². The van der Waals surface area contributed by atoms with Crippen molar-refractivity contribution in [3.8, 4) is 5.75 Å². The fourth-order valence-electron chi connectivity index (χ4n) is 3.32. The summed E-state index contributed by atoms with van der Waals surface area (Å²) in [6, 6.07) is 11.6. The molecule has 0 fully saturated rings. The zero-order valence-corrected chi connectivity index (χ0v) is 17.5. The SMILES string of the molecule is C[C@@H]1Oc2ccccc2N(CCC(=O)N(C)CC(=O)Nc2ccccc2C(F)(F)F)C1=O. The highest BCUT2D eigenvalue weighted by Gasteiger charge is 2.34. The largest absolute Gasteiger partial charge is 0.479 e. The quantitative estimate of drug-likeness (QED) is 0.734. The molecule has 0 radical (unpaired) electrons. The fraction of sp³-hybridized carbons (Fsp3) is 0.318. The minimum Gasteiger partial charge on any atom is -0.479 e. The number of rotatable bonds is 6. The molecule has 2 aromatic carbocycles. The van der Waals surface area contributed by atoms with E-state index in [-0.39, 0.29) is 24.6 Å². The van der Waals surface area contributed by atoms with Gasteiger partial charge in [-0.05, 0) is 31.2 Å². The summed E-state index contributed by atoms with van der Waals surface area (Å²) in [5.41, 5.74) is -0.802. The number of hydrogen-bond acceptors (Lipinski definition) is 4. The van der Waals surface area contributed by atoms with Gasteiger partial charge in [0.05, 0.1) is 23.5 Å². The molecule has 1 N–H and O–H groups in total. The van der Waals surface area contributed by atoms with Gasteiger partial charge in [-0.1, -0.05) is 24.3 Å². The topological polar surface area (TPSA) is 79.0 Å². The van der Waals surface area contributed by atoms with Gasteiger partial charge in [-0.2, -0.15) is 13.2 Å². The molecule has 10 heteroatoms. The molecule has 0 bridgehead atoms. The Morgan fingerprint density at radius 3 is 2.50 bits per heavy atom. The summed E-state index contributed by atoms with van der Waals surface area (Å²) in [4.78, 5) is 39.8. The minimum absolute atomic E-state index is 0.0737. The Labute approximate surface area is 182 Å². The van der Waals surface area contributed by atoms with Crippen LogP contribution in [0.5, 0.6) is 5.75 Å². The molecule has 3 rings (SSSR count). The molecule has 1 aliphatic rings. The van der Waals surface area contributed by atoms with Crippen LogP contribution in [0.3, 0.4) is 0 Å². The standard InChI is InChI=1S/C22H22F3N3O4/c1-14-21(31)28(17-9-5-6-10-18(17)32-14)12-11-20(30)27(2)13-19(29)26-16-8-4-3-7-15(16)22(23,24)25/h3-10,14H,11-13H2,1-2H3,(H,26,29)/t14-/m0/s1. The minimum atomic E-state index is -4.62. The van der Waals surface area contributed by atoms with Crippen LogP contribution in [0.4, 0.5) is 24.5 Å². The number of alkyl halides is 3. The zero-order chi connectivity index (χ0) is 23.5. The molecule has 3 amide bonds. The van der Waals surface area contributed by atoms with Crippen molar-refractivity contribution >= 4 is 29.1 Å². The normalized spacial score (nSPS) is 15.6. The van der Waals surface area contributed by atoms with Crippen molar-refractivity contribution in [1.82, 2.24) is 4.90 Å². The zero-order valence-electron chi connectivity index (χ0n) is 17.5. The highest BCUT2D eigenvalue weighted by atomic mass is 19.4. The summed E-state index contributed by atoms with van der Waals surface area (Å²) in [6.45, 7) is 1.25. The van der Waals surface area contributed by atoms with Gasteiger partial charge in [0.25, 0.3) is 5.91 Å². The van der Waals surface area contributed by atoms with E-state index in [0.717, 1.165) is 17.0 Å². The number of nitrogens with one attached hydrogen (secondary N) is 1. The molecule has 0 unspecified atom stereocenters. The predicted octanol–water partition coefficient (Wildman–Crippen LogP) is 3.31. The number of nitrogens with zero attached hydrogens (tertiary/aromatic N) is 2. The summed E-state index contributed by atoms with van der Waals surface area (Å²) in [5, 5.41) is 2.20. The summed E-state index contributed by atoms with van der Waals surface area (Å²) in [5.74, 6) is -0.962.